The van der Waals surface area contributed by atoms with Gasteiger partial charge >= 0.3 is 0 Å². The number of hydrogen-bond donors (Lipinski definition) is 2. The number of carbonyl (C=O) groups is 1. The first-order chi connectivity index (χ1) is 14.0. The molecular formula is C21H28N4O4. The van der Waals surface area contributed by atoms with E-state index in [0.717, 1.165) is 37.2 Å². The molecule has 0 radical (unpaired) electrons. The molecule has 1 saturated heterocycles. The van der Waals surface area contributed by atoms with E-state index in [1.54, 1.807) is 0 Å². The molecule has 2 heterocycles. The number of amides is 1. The van der Waals surface area contributed by atoms with Crippen LogP contribution in [-0.2, 0) is 16.0 Å². The Balaban J connectivity index is 1.54. The summed E-state index contributed by atoms with van der Waals surface area (Å²) in [4.78, 5) is 27.0. The number of benzene rings is 1. The summed E-state index contributed by atoms with van der Waals surface area (Å²) in [7, 11) is 0. The van der Waals surface area contributed by atoms with Gasteiger partial charge in [-0.25, -0.2) is 0 Å². The number of carbonyl (C=O) groups excluding carboxylic acids is 1. The Hall–Kier alpha value is -2.74. The van der Waals surface area contributed by atoms with Crippen LogP contribution in [0.4, 0.5) is 0 Å². The second-order valence-corrected chi connectivity index (χ2v) is 7.25. The zero-order chi connectivity index (χ0) is 20.6. The predicted molar refractivity (Wildman–Crippen MR) is 109 cm³/mol. The number of hydrogen-bond acceptors (Lipinski definition) is 6. The van der Waals surface area contributed by atoms with Crippen molar-refractivity contribution in [3.63, 3.8) is 0 Å². The molecule has 2 N–H and O–H groups in total. The van der Waals surface area contributed by atoms with E-state index in [1.807, 2.05) is 31.2 Å². The molecule has 29 heavy (non-hydrogen) atoms. The van der Waals surface area contributed by atoms with Crippen LogP contribution in [0.25, 0.3) is 11.4 Å². The maximum absolute atomic E-state index is 12.3. The second-order valence-electron chi connectivity index (χ2n) is 7.25. The highest BCUT2D eigenvalue weighted by Crippen LogP contribution is 2.19. The molecule has 1 fully saturated rings. The van der Waals surface area contributed by atoms with Crippen LogP contribution in [0.3, 0.4) is 0 Å². The van der Waals surface area contributed by atoms with Crippen LogP contribution in [-0.4, -0.2) is 46.4 Å². The van der Waals surface area contributed by atoms with E-state index in [9.17, 15) is 9.59 Å². The lowest BCUT2D eigenvalue weighted by atomic mass is 10.2. The smallest absolute Gasteiger partial charge is 0.273 e. The van der Waals surface area contributed by atoms with Gasteiger partial charge < -0.3 is 19.8 Å². The summed E-state index contributed by atoms with van der Waals surface area (Å²) in [5.74, 6) is 1.03. The van der Waals surface area contributed by atoms with Crippen LogP contribution < -0.4 is 15.6 Å². The maximum Gasteiger partial charge on any atom is 0.273 e. The lowest BCUT2D eigenvalue weighted by Crippen LogP contribution is -2.32. The van der Waals surface area contributed by atoms with Crippen LogP contribution in [0.5, 0.6) is 5.75 Å². The highest BCUT2D eigenvalue weighted by molar-refractivity contribution is 5.76. The molecule has 1 aromatic heterocycles. The van der Waals surface area contributed by atoms with Gasteiger partial charge in [0.05, 0.1) is 12.2 Å². The van der Waals surface area contributed by atoms with E-state index in [2.05, 4.69) is 27.4 Å². The van der Waals surface area contributed by atoms with E-state index in [1.165, 1.54) is 0 Å². The molecule has 0 saturated carbocycles. The van der Waals surface area contributed by atoms with Gasteiger partial charge in [-0.05, 0) is 50.5 Å². The topological polar surface area (TPSA) is 106 Å². The van der Waals surface area contributed by atoms with Gasteiger partial charge in [0.2, 0.25) is 5.91 Å². The van der Waals surface area contributed by atoms with Crippen molar-refractivity contribution in [1.82, 2.24) is 20.5 Å². The third-order valence-corrected chi connectivity index (χ3v) is 4.94. The Kier molecular flexibility index (Phi) is 7.35. The SMILES string of the molecule is CCC(C)Oc1ccc(-c2nnc(CCC(=O)NCC3CCCO3)c(=O)[nH]2)cc1. The molecule has 8 nitrogen and oxygen atoms in total. The summed E-state index contributed by atoms with van der Waals surface area (Å²) < 4.78 is 11.2. The molecule has 1 aromatic carbocycles. The number of aromatic nitrogens is 3. The molecule has 2 unspecified atom stereocenters. The van der Waals surface area contributed by atoms with Crippen molar-refractivity contribution in [3.05, 3.63) is 40.3 Å². The minimum atomic E-state index is -0.332. The number of aromatic amines is 1. The van der Waals surface area contributed by atoms with Crippen molar-refractivity contribution in [2.24, 2.45) is 0 Å². The van der Waals surface area contributed by atoms with Gasteiger partial charge in [0.25, 0.3) is 5.56 Å². The summed E-state index contributed by atoms with van der Waals surface area (Å²) in [6, 6.07) is 7.34. The Morgan fingerprint density at radius 3 is 2.79 bits per heavy atom. The Morgan fingerprint density at radius 2 is 2.14 bits per heavy atom. The number of H-pyrrole nitrogens is 1. The fraction of sp³-hybridized carbons (Fsp3) is 0.524. The third kappa shape index (κ3) is 6.12. The largest absolute Gasteiger partial charge is 0.491 e. The van der Waals surface area contributed by atoms with E-state index in [0.29, 0.717) is 12.4 Å². The van der Waals surface area contributed by atoms with E-state index < -0.39 is 0 Å². The molecule has 0 spiro atoms. The molecule has 0 bridgehead atoms. The lowest BCUT2D eigenvalue weighted by molar-refractivity contribution is -0.121. The standard InChI is InChI=1S/C21H28N4O4/c1-3-14(2)29-16-8-6-15(7-9-16)20-23-21(27)18(24-25-20)10-11-19(26)22-13-17-5-4-12-28-17/h6-9,14,17H,3-5,10-13H2,1-2H3,(H,22,26)(H,23,25,27). The number of rotatable bonds is 9. The summed E-state index contributed by atoms with van der Waals surface area (Å²) in [5, 5.41) is 11.0. The quantitative estimate of drug-likeness (QED) is 0.669. The molecule has 2 atom stereocenters. The molecular weight excluding hydrogens is 372 g/mol. The summed E-state index contributed by atoms with van der Waals surface area (Å²) in [5.41, 5.74) is 0.659. The van der Waals surface area contributed by atoms with Crippen molar-refractivity contribution >= 4 is 5.91 Å². The van der Waals surface area contributed by atoms with Gasteiger partial charge in [-0.2, -0.15) is 0 Å². The van der Waals surface area contributed by atoms with Crippen molar-refractivity contribution in [3.8, 4) is 17.1 Å². The van der Waals surface area contributed by atoms with Crippen LogP contribution >= 0.6 is 0 Å². The first kappa shape index (κ1) is 21.0. The number of ether oxygens (including phenoxy) is 2. The maximum atomic E-state index is 12.3. The van der Waals surface area contributed by atoms with Crippen LogP contribution in [0.1, 0.15) is 45.2 Å². The predicted octanol–water partition coefficient (Wildman–Crippen LogP) is 2.24. The fourth-order valence-corrected chi connectivity index (χ4v) is 3.01. The van der Waals surface area contributed by atoms with Crippen molar-refractivity contribution in [2.75, 3.05) is 13.2 Å². The van der Waals surface area contributed by atoms with Gasteiger partial charge in [0.1, 0.15) is 11.4 Å². The van der Waals surface area contributed by atoms with E-state index >= 15 is 0 Å². The Morgan fingerprint density at radius 1 is 1.34 bits per heavy atom. The summed E-state index contributed by atoms with van der Waals surface area (Å²) in [6.07, 6.45) is 3.59. The second kappa shape index (κ2) is 10.2. The highest BCUT2D eigenvalue weighted by atomic mass is 16.5. The van der Waals surface area contributed by atoms with Gasteiger partial charge in [-0.3, -0.25) is 9.59 Å². The fourth-order valence-electron chi connectivity index (χ4n) is 3.01. The monoisotopic (exact) mass is 400 g/mol. The molecule has 8 heteroatoms. The number of aryl methyl sites for hydroxylation is 1. The molecule has 1 aliphatic heterocycles. The molecule has 0 aliphatic carbocycles. The summed E-state index contributed by atoms with van der Waals surface area (Å²) in [6.45, 7) is 5.34. The molecule has 1 aliphatic rings. The molecule has 1 amide bonds. The minimum Gasteiger partial charge on any atom is -0.491 e. The third-order valence-electron chi connectivity index (χ3n) is 4.94. The number of nitrogens with one attached hydrogen (secondary N) is 2. The van der Waals surface area contributed by atoms with Crippen molar-refractivity contribution in [1.29, 1.82) is 0 Å². The lowest BCUT2D eigenvalue weighted by Gasteiger charge is -2.12. The zero-order valence-electron chi connectivity index (χ0n) is 16.9. The van der Waals surface area contributed by atoms with Crippen LogP contribution in [0, 0.1) is 0 Å². The van der Waals surface area contributed by atoms with Gasteiger partial charge in [0.15, 0.2) is 5.82 Å². The first-order valence-electron chi connectivity index (χ1n) is 10.2. The van der Waals surface area contributed by atoms with Crippen LogP contribution in [0.15, 0.2) is 29.1 Å². The molecule has 2 aromatic rings. The molecule has 3 rings (SSSR count). The van der Waals surface area contributed by atoms with Gasteiger partial charge in [0, 0.05) is 31.6 Å². The minimum absolute atomic E-state index is 0.100. The summed E-state index contributed by atoms with van der Waals surface area (Å²) >= 11 is 0. The Bertz CT molecular complexity index is 860. The molecule has 156 valence electrons. The van der Waals surface area contributed by atoms with E-state index in [-0.39, 0.29) is 42.2 Å². The first-order valence-corrected chi connectivity index (χ1v) is 10.2. The average Bonchev–Trinajstić information content (AvgIpc) is 3.25. The van der Waals surface area contributed by atoms with E-state index in [4.69, 9.17) is 9.47 Å². The van der Waals surface area contributed by atoms with Crippen molar-refractivity contribution in [2.45, 2.75) is 58.2 Å². The number of nitrogens with zero attached hydrogens (tertiary/aromatic N) is 2. The van der Waals surface area contributed by atoms with Crippen LogP contribution in [0.2, 0.25) is 0 Å². The van der Waals surface area contributed by atoms with Gasteiger partial charge in [-0.1, -0.05) is 6.92 Å². The average molecular weight is 400 g/mol. The Labute approximate surface area is 170 Å². The normalized spacial score (nSPS) is 17.1. The zero-order valence-corrected chi connectivity index (χ0v) is 16.9. The van der Waals surface area contributed by atoms with Gasteiger partial charge in [-0.15, -0.1) is 10.2 Å². The highest BCUT2D eigenvalue weighted by Gasteiger charge is 2.16. The van der Waals surface area contributed by atoms with Crippen molar-refractivity contribution < 1.29 is 14.3 Å².